The first-order valence-corrected chi connectivity index (χ1v) is 9.02. The van der Waals surface area contributed by atoms with Gasteiger partial charge in [-0.1, -0.05) is 12.2 Å². The lowest BCUT2D eigenvalue weighted by Gasteiger charge is -2.40. The molecule has 2 rings (SSSR count). The molecule has 0 bridgehead atoms. The fourth-order valence-electron chi connectivity index (χ4n) is 2.93. The molecule has 0 radical (unpaired) electrons. The molecule has 0 atom stereocenters. The lowest BCUT2D eigenvalue weighted by Crippen LogP contribution is -2.51. The smallest absolute Gasteiger partial charge is 0.236 e. The van der Waals surface area contributed by atoms with Crippen molar-refractivity contribution in [2.24, 2.45) is 5.73 Å². The van der Waals surface area contributed by atoms with E-state index in [4.69, 9.17) is 18.0 Å². The molecule has 1 aliphatic heterocycles. The predicted molar refractivity (Wildman–Crippen MR) is 89.1 cm³/mol. The van der Waals surface area contributed by atoms with Crippen LogP contribution in [0.3, 0.4) is 0 Å². The summed E-state index contributed by atoms with van der Waals surface area (Å²) in [6, 6.07) is 0.513. The fourth-order valence-corrected chi connectivity index (χ4v) is 4.18. The van der Waals surface area contributed by atoms with Gasteiger partial charge >= 0.3 is 0 Å². The number of hydrogen-bond donors (Lipinski definition) is 1. The second-order valence-corrected chi connectivity index (χ2v) is 7.38. The van der Waals surface area contributed by atoms with Crippen molar-refractivity contribution in [3.8, 4) is 0 Å². The Morgan fingerprint density at radius 1 is 1.45 bits per heavy atom. The summed E-state index contributed by atoms with van der Waals surface area (Å²) in [4.78, 5) is 17.2. The van der Waals surface area contributed by atoms with E-state index in [2.05, 4.69) is 18.1 Å². The van der Waals surface area contributed by atoms with Gasteiger partial charge in [0.05, 0.1) is 16.3 Å². The van der Waals surface area contributed by atoms with Crippen molar-refractivity contribution in [1.82, 2.24) is 9.80 Å². The molecular weight excluding hydrogens is 290 g/mol. The highest BCUT2D eigenvalue weighted by Crippen LogP contribution is 2.35. The molecule has 20 heavy (non-hydrogen) atoms. The van der Waals surface area contributed by atoms with E-state index in [1.165, 1.54) is 12.8 Å². The second kappa shape index (κ2) is 6.62. The third kappa shape index (κ3) is 3.46. The molecule has 0 unspecified atom stereocenters. The zero-order valence-corrected chi connectivity index (χ0v) is 14.1. The summed E-state index contributed by atoms with van der Waals surface area (Å²) in [5.41, 5.74) is 5.89. The molecule has 2 aliphatic rings. The molecule has 114 valence electrons. The van der Waals surface area contributed by atoms with Crippen LogP contribution in [0.15, 0.2) is 0 Å². The molecular formula is C14H25N3OS2. The number of hydrogen-bond acceptors (Lipinski definition) is 4. The van der Waals surface area contributed by atoms with Crippen LogP contribution in [-0.4, -0.2) is 63.9 Å². The van der Waals surface area contributed by atoms with E-state index in [-0.39, 0.29) is 10.7 Å². The minimum atomic E-state index is -0.0597. The van der Waals surface area contributed by atoms with E-state index in [0.717, 1.165) is 32.5 Å². The van der Waals surface area contributed by atoms with Gasteiger partial charge in [-0.3, -0.25) is 9.69 Å². The van der Waals surface area contributed by atoms with E-state index in [1.807, 2.05) is 4.90 Å². The summed E-state index contributed by atoms with van der Waals surface area (Å²) in [6.07, 6.45) is 6.33. The molecule has 1 saturated carbocycles. The van der Waals surface area contributed by atoms with E-state index in [0.29, 0.717) is 17.6 Å². The number of piperidine rings is 1. The minimum absolute atomic E-state index is 0.0597. The monoisotopic (exact) mass is 315 g/mol. The third-order valence-corrected chi connectivity index (χ3v) is 6.44. The number of amides is 1. The Labute approximate surface area is 131 Å². The highest BCUT2D eigenvalue weighted by molar-refractivity contribution is 8.02. The second-order valence-electron chi connectivity index (χ2n) is 5.75. The van der Waals surface area contributed by atoms with Crippen LogP contribution in [0.1, 0.15) is 32.6 Å². The number of nitrogens with zero attached hydrogens (tertiary/aromatic N) is 2. The molecule has 1 saturated heterocycles. The van der Waals surface area contributed by atoms with Crippen molar-refractivity contribution >= 4 is 34.9 Å². The van der Waals surface area contributed by atoms with Gasteiger partial charge in [-0.15, -0.1) is 0 Å². The van der Waals surface area contributed by atoms with Crippen LogP contribution in [0.4, 0.5) is 0 Å². The lowest BCUT2D eigenvalue weighted by atomic mass is 9.95. The average Bonchev–Trinajstić information content (AvgIpc) is 3.25. The molecule has 1 amide bonds. The number of thiocarbonyl (C=S) groups is 1. The van der Waals surface area contributed by atoms with Crippen LogP contribution >= 0.6 is 24.0 Å². The van der Waals surface area contributed by atoms with Crippen molar-refractivity contribution < 1.29 is 4.79 Å². The van der Waals surface area contributed by atoms with Crippen LogP contribution in [0.2, 0.25) is 0 Å². The zero-order valence-electron chi connectivity index (χ0n) is 12.4. The molecule has 2 fully saturated rings. The van der Waals surface area contributed by atoms with E-state index in [9.17, 15) is 4.79 Å². The summed E-state index contributed by atoms with van der Waals surface area (Å²) in [5, 5.41) is 0. The SMILES string of the molecule is CCN(C(=O)CN1CCC(SC)(C(N)=S)CC1)C1CC1. The van der Waals surface area contributed by atoms with Crippen molar-refractivity contribution in [3.05, 3.63) is 0 Å². The molecule has 0 spiro atoms. The van der Waals surface area contributed by atoms with E-state index in [1.54, 1.807) is 11.8 Å². The lowest BCUT2D eigenvalue weighted by molar-refractivity contribution is -0.133. The third-order valence-electron chi connectivity index (χ3n) is 4.51. The van der Waals surface area contributed by atoms with Crippen LogP contribution in [0.5, 0.6) is 0 Å². The van der Waals surface area contributed by atoms with Gasteiger partial charge in [0.1, 0.15) is 0 Å². The first-order valence-electron chi connectivity index (χ1n) is 7.39. The summed E-state index contributed by atoms with van der Waals surface area (Å²) in [7, 11) is 0. The summed E-state index contributed by atoms with van der Waals surface area (Å²) in [6.45, 7) is 5.27. The maximum absolute atomic E-state index is 12.3. The fraction of sp³-hybridized carbons (Fsp3) is 0.857. The Hall–Kier alpha value is -0.330. The van der Waals surface area contributed by atoms with Gasteiger partial charge in [0.2, 0.25) is 5.91 Å². The number of carbonyl (C=O) groups excluding carboxylic acids is 1. The van der Waals surface area contributed by atoms with Crippen LogP contribution in [-0.2, 0) is 4.79 Å². The molecule has 2 N–H and O–H groups in total. The first kappa shape index (κ1) is 16.0. The predicted octanol–water partition coefficient (Wildman–Crippen LogP) is 1.48. The standard InChI is InChI=1S/C14H25N3OS2/c1-3-17(11-4-5-11)12(18)10-16-8-6-14(20-2,7-9-16)13(15)19/h11H,3-10H2,1-2H3,(H2,15,19). The first-order chi connectivity index (χ1) is 9.52. The summed E-state index contributed by atoms with van der Waals surface area (Å²) >= 11 is 6.98. The topological polar surface area (TPSA) is 49.6 Å². The summed E-state index contributed by atoms with van der Waals surface area (Å²) in [5.74, 6) is 0.280. The minimum Gasteiger partial charge on any atom is -0.392 e. The van der Waals surface area contributed by atoms with Gasteiger partial charge < -0.3 is 10.6 Å². The molecule has 4 nitrogen and oxygen atoms in total. The molecule has 1 heterocycles. The Morgan fingerprint density at radius 2 is 2.05 bits per heavy atom. The van der Waals surface area contributed by atoms with Crippen LogP contribution in [0.25, 0.3) is 0 Å². The number of carbonyl (C=O) groups is 1. The molecule has 0 aromatic heterocycles. The Kier molecular flexibility index (Phi) is 5.31. The van der Waals surface area contributed by atoms with Crippen molar-refractivity contribution in [1.29, 1.82) is 0 Å². The van der Waals surface area contributed by atoms with Gasteiger partial charge in [-0.25, -0.2) is 0 Å². The average molecular weight is 316 g/mol. The number of rotatable bonds is 6. The van der Waals surface area contributed by atoms with Crippen molar-refractivity contribution in [2.75, 3.05) is 32.4 Å². The molecule has 0 aromatic rings. The maximum Gasteiger partial charge on any atom is 0.236 e. The van der Waals surface area contributed by atoms with Gasteiger partial charge in [0.15, 0.2) is 0 Å². The zero-order chi connectivity index (χ0) is 14.8. The molecule has 6 heteroatoms. The number of nitrogens with two attached hydrogens (primary N) is 1. The number of likely N-dealkylation sites (tertiary alicyclic amines) is 1. The van der Waals surface area contributed by atoms with E-state index >= 15 is 0 Å². The molecule has 0 aromatic carbocycles. The normalized spacial score (nSPS) is 22.5. The van der Waals surface area contributed by atoms with Gasteiger partial charge in [0.25, 0.3) is 0 Å². The van der Waals surface area contributed by atoms with Crippen LogP contribution in [0, 0.1) is 0 Å². The highest BCUT2D eigenvalue weighted by atomic mass is 32.2. The Morgan fingerprint density at radius 3 is 2.45 bits per heavy atom. The van der Waals surface area contributed by atoms with Crippen molar-refractivity contribution in [3.63, 3.8) is 0 Å². The quantitative estimate of drug-likeness (QED) is 0.753. The maximum atomic E-state index is 12.3. The number of likely N-dealkylation sites (N-methyl/N-ethyl adjacent to an activating group) is 1. The van der Waals surface area contributed by atoms with Crippen LogP contribution < -0.4 is 5.73 Å². The van der Waals surface area contributed by atoms with Gasteiger partial charge in [-0.05, 0) is 38.9 Å². The number of thioether (sulfide) groups is 1. The van der Waals surface area contributed by atoms with Gasteiger partial charge in [0, 0.05) is 25.7 Å². The Bertz CT molecular complexity index is 377. The Balaban J connectivity index is 1.84. The summed E-state index contributed by atoms with van der Waals surface area (Å²) < 4.78 is -0.0597. The van der Waals surface area contributed by atoms with Crippen molar-refractivity contribution in [2.45, 2.75) is 43.4 Å². The van der Waals surface area contributed by atoms with E-state index < -0.39 is 0 Å². The largest absolute Gasteiger partial charge is 0.392 e. The molecule has 1 aliphatic carbocycles. The highest BCUT2D eigenvalue weighted by Gasteiger charge is 2.38. The van der Waals surface area contributed by atoms with Gasteiger partial charge in [-0.2, -0.15) is 11.8 Å².